The molecule has 33 heavy (non-hydrogen) atoms. The molecule has 0 aliphatic carbocycles. The van der Waals surface area contributed by atoms with Crippen LogP contribution in [0, 0.1) is 20.2 Å². The van der Waals surface area contributed by atoms with E-state index in [1.165, 1.54) is 53.6 Å². The third kappa shape index (κ3) is 3.94. The molecule has 1 aromatic heterocycles. The molecule has 1 aliphatic rings. The average Bonchev–Trinajstić information content (AvgIpc) is 3.41. The van der Waals surface area contributed by atoms with Gasteiger partial charge in [-0.3, -0.25) is 29.8 Å². The Balaban J connectivity index is 1.87. The first-order valence-electron chi connectivity index (χ1n) is 9.58. The summed E-state index contributed by atoms with van der Waals surface area (Å²) in [6, 6.07) is 12.3. The lowest BCUT2D eigenvalue weighted by Crippen LogP contribution is -2.29. The Bertz CT molecular complexity index is 1300. The maximum atomic E-state index is 13.0. The normalized spacial score (nSPS) is 17.3. The molecule has 0 radical (unpaired) electrons. The summed E-state index contributed by atoms with van der Waals surface area (Å²) in [5, 5.41) is 33.1. The zero-order chi connectivity index (χ0) is 23.7. The lowest BCUT2D eigenvalue weighted by atomic mass is 9.95. The van der Waals surface area contributed by atoms with E-state index in [1.54, 1.807) is 12.1 Å². The number of hydrogen-bond acceptors (Lipinski definition) is 8. The van der Waals surface area contributed by atoms with Crippen LogP contribution in [0.3, 0.4) is 0 Å². The summed E-state index contributed by atoms with van der Waals surface area (Å²) in [7, 11) is 0. The molecule has 2 heterocycles. The quantitative estimate of drug-likeness (QED) is 0.196. The summed E-state index contributed by atoms with van der Waals surface area (Å²) in [5.74, 6) is -2.13. The van der Waals surface area contributed by atoms with Gasteiger partial charge in [-0.15, -0.1) is 0 Å². The van der Waals surface area contributed by atoms with Gasteiger partial charge in [0.15, 0.2) is 0 Å². The lowest BCUT2D eigenvalue weighted by molar-refractivity contribution is -0.385. The smallest absolute Gasteiger partial charge is 0.296 e. The first-order chi connectivity index (χ1) is 15.8. The SMILES string of the molecule is O=C1C(=O)N(Cc2ccco2)[C@@H](c2ccc([N+](=O)[O-])cc2)/C1=C(\O)c1cccc([N+](=O)[O-])c1. The molecule has 0 bridgehead atoms. The van der Waals surface area contributed by atoms with Gasteiger partial charge in [0.2, 0.25) is 0 Å². The Hall–Kier alpha value is -4.80. The van der Waals surface area contributed by atoms with Gasteiger partial charge >= 0.3 is 0 Å². The summed E-state index contributed by atoms with van der Waals surface area (Å²) in [6.45, 7) is -0.106. The van der Waals surface area contributed by atoms with Crippen LogP contribution in [0.2, 0.25) is 0 Å². The van der Waals surface area contributed by atoms with Gasteiger partial charge in [0.1, 0.15) is 11.5 Å². The molecule has 0 saturated carbocycles. The molecule has 0 spiro atoms. The highest BCUT2D eigenvalue weighted by Gasteiger charge is 2.46. The molecule has 3 aromatic rings. The zero-order valence-electron chi connectivity index (χ0n) is 16.8. The minimum Gasteiger partial charge on any atom is -0.507 e. The van der Waals surface area contributed by atoms with Gasteiger partial charge in [-0.25, -0.2) is 0 Å². The van der Waals surface area contributed by atoms with Crippen LogP contribution in [-0.4, -0.2) is 31.5 Å². The van der Waals surface area contributed by atoms with E-state index in [2.05, 4.69) is 0 Å². The summed E-state index contributed by atoms with van der Waals surface area (Å²) in [6.07, 6.45) is 1.40. The zero-order valence-corrected chi connectivity index (χ0v) is 16.8. The molecular formula is C22H15N3O8. The number of benzene rings is 2. The number of nitro groups is 2. The Morgan fingerprint density at radius 1 is 0.970 bits per heavy atom. The van der Waals surface area contributed by atoms with Gasteiger partial charge in [0.25, 0.3) is 23.1 Å². The van der Waals surface area contributed by atoms with E-state index in [-0.39, 0.29) is 29.1 Å². The number of carbonyl (C=O) groups excluding carboxylic acids is 2. The molecule has 11 heteroatoms. The number of furan rings is 1. The van der Waals surface area contributed by atoms with Gasteiger partial charge in [0, 0.05) is 29.8 Å². The number of non-ortho nitro benzene ring substituents is 2. The van der Waals surface area contributed by atoms with Crippen molar-refractivity contribution in [1.82, 2.24) is 4.90 Å². The largest absolute Gasteiger partial charge is 0.507 e. The third-order valence-electron chi connectivity index (χ3n) is 5.20. The lowest BCUT2D eigenvalue weighted by Gasteiger charge is -2.24. The minimum absolute atomic E-state index is 0.0212. The fourth-order valence-corrected chi connectivity index (χ4v) is 3.66. The number of carbonyl (C=O) groups is 2. The Morgan fingerprint density at radius 3 is 2.27 bits per heavy atom. The van der Waals surface area contributed by atoms with Crippen LogP contribution < -0.4 is 0 Å². The van der Waals surface area contributed by atoms with E-state index in [4.69, 9.17) is 4.42 Å². The fraction of sp³-hybridized carbons (Fsp3) is 0.0909. The van der Waals surface area contributed by atoms with Crippen LogP contribution in [0.5, 0.6) is 0 Å². The molecule has 2 aromatic carbocycles. The van der Waals surface area contributed by atoms with Crippen molar-refractivity contribution in [3.05, 3.63) is 110 Å². The average molecular weight is 449 g/mol. The number of ketones is 1. The van der Waals surface area contributed by atoms with Crippen LogP contribution in [0.1, 0.15) is 22.9 Å². The molecule has 1 fully saturated rings. The minimum atomic E-state index is -1.10. The van der Waals surface area contributed by atoms with Crippen molar-refractivity contribution < 1.29 is 29.0 Å². The van der Waals surface area contributed by atoms with E-state index >= 15 is 0 Å². The molecule has 1 saturated heterocycles. The Labute approximate surface area is 185 Å². The number of aliphatic hydroxyl groups excluding tert-OH is 1. The highest BCUT2D eigenvalue weighted by atomic mass is 16.6. The van der Waals surface area contributed by atoms with Gasteiger partial charge in [0.05, 0.1) is 34.3 Å². The molecule has 1 N–H and O–H groups in total. The second kappa shape index (κ2) is 8.38. The van der Waals surface area contributed by atoms with E-state index in [0.29, 0.717) is 11.3 Å². The maximum absolute atomic E-state index is 13.0. The van der Waals surface area contributed by atoms with E-state index in [1.807, 2.05) is 0 Å². The van der Waals surface area contributed by atoms with Crippen molar-refractivity contribution in [3.63, 3.8) is 0 Å². The number of nitrogens with zero attached hydrogens (tertiary/aromatic N) is 3. The predicted octanol–water partition coefficient (Wildman–Crippen LogP) is 3.72. The molecule has 166 valence electrons. The predicted molar refractivity (Wildman–Crippen MR) is 113 cm³/mol. The first kappa shape index (κ1) is 21.4. The number of amides is 1. The van der Waals surface area contributed by atoms with E-state index < -0.39 is 33.3 Å². The van der Waals surface area contributed by atoms with Gasteiger partial charge in [-0.05, 0) is 29.8 Å². The van der Waals surface area contributed by atoms with Crippen molar-refractivity contribution in [1.29, 1.82) is 0 Å². The van der Waals surface area contributed by atoms with Crippen molar-refractivity contribution in [2.75, 3.05) is 0 Å². The van der Waals surface area contributed by atoms with E-state index in [0.717, 1.165) is 6.07 Å². The van der Waals surface area contributed by atoms with Crippen molar-refractivity contribution in [3.8, 4) is 0 Å². The Morgan fingerprint density at radius 2 is 1.67 bits per heavy atom. The summed E-state index contributed by atoms with van der Waals surface area (Å²) >= 11 is 0. The summed E-state index contributed by atoms with van der Waals surface area (Å²) < 4.78 is 5.29. The van der Waals surface area contributed by atoms with Crippen LogP contribution in [-0.2, 0) is 16.1 Å². The van der Waals surface area contributed by atoms with Crippen LogP contribution in [0.25, 0.3) is 5.76 Å². The molecular weight excluding hydrogens is 434 g/mol. The molecule has 1 atom stereocenters. The summed E-state index contributed by atoms with van der Waals surface area (Å²) in [4.78, 5) is 47.9. The maximum Gasteiger partial charge on any atom is 0.296 e. The second-order valence-corrected chi connectivity index (χ2v) is 7.16. The standard InChI is InChI=1S/C22H15N3O8/c26-20(14-3-1-4-16(11-14)25(31)32)18-19(13-6-8-15(9-7-13)24(29)30)23(22(28)21(18)27)12-17-5-2-10-33-17/h1-11,19,26H,12H2/b20-18+/t19-/m0/s1. The van der Waals surface area contributed by atoms with Gasteiger partial charge < -0.3 is 14.4 Å². The topological polar surface area (TPSA) is 157 Å². The number of Topliss-reactive ketones (excluding diaryl/α,β-unsaturated/α-hetero) is 1. The van der Waals surface area contributed by atoms with Gasteiger partial charge in [-0.1, -0.05) is 12.1 Å². The highest BCUT2D eigenvalue weighted by Crippen LogP contribution is 2.41. The molecule has 4 rings (SSSR count). The Kier molecular flexibility index (Phi) is 5.44. The number of hydrogen-bond donors (Lipinski definition) is 1. The summed E-state index contributed by atoms with van der Waals surface area (Å²) in [5.41, 5.74) is -0.484. The van der Waals surface area contributed by atoms with Crippen LogP contribution in [0.15, 0.2) is 76.9 Å². The van der Waals surface area contributed by atoms with Crippen molar-refractivity contribution in [2.45, 2.75) is 12.6 Å². The van der Waals surface area contributed by atoms with Crippen molar-refractivity contribution in [2.24, 2.45) is 0 Å². The third-order valence-corrected chi connectivity index (χ3v) is 5.20. The number of likely N-dealkylation sites (tertiary alicyclic amines) is 1. The van der Waals surface area contributed by atoms with E-state index in [9.17, 15) is 34.9 Å². The molecule has 0 unspecified atom stereocenters. The monoisotopic (exact) mass is 449 g/mol. The molecule has 1 amide bonds. The number of rotatable bonds is 6. The number of aliphatic hydroxyl groups is 1. The number of nitro benzene ring substituents is 2. The molecule has 1 aliphatic heterocycles. The fourth-order valence-electron chi connectivity index (χ4n) is 3.66. The van der Waals surface area contributed by atoms with Crippen molar-refractivity contribution >= 4 is 28.8 Å². The second-order valence-electron chi connectivity index (χ2n) is 7.16. The van der Waals surface area contributed by atoms with Crippen LogP contribution >= 0.6 is 0 Å². The highest BCUT2D eigenvalue weighted by molar-refractivity contribution is 6.46. The first-order valence-corrected chi connectivity index (χ1v) is 9.58. The molecule has 11 nitrogen and oxygen atoms in total. The van der Waals surface area contributed by atoms with Gasteiger partial charge in [-0.2, -0.15) is 0 Å². The van der Waals surface area contributed by atoms with Crippen LogP contribution in [0.4, 0.5) is 11.4 Å².